The third-order valence-corrected chi connectivity index (χ3v) is 7.34. The molecule has 1 aromatic heterocycles. The van der Waals surface area contributed by atoms with Crippen LogP contribution in [0.5, 0.6) is 0 Å². The predicted octanol–water partition coefficient (Wildman–Crippen LogP) is 2.40. The Balaban J connectivity index is 1.55. The second-order valence-corrected chi connectivity index (χ2v) is 8.99. The van der Waals surface area contributed by atoms with Crippen LogP contribution in [0.25, 0.3) is 0 Å². The summed E-state index contributed by atoms with van der Waals surface area (Å²) in [6, 6.07) is 12.8. The van der Waals surface area contributed by atoms with E-state index in [1.165, 1.54) is 15.6 Å². The number of amides is 1. The molecule has 1 saturated heterocycles. The molecule has 0 unspecified atom stereocenters. The van der Waals surface area contributed by atoms with Crippen molar-refractivity contribution in [1.82, 2.24) is 9.79 Å². The molecule has 1 aliphatic heterocycles. The molecule has 1 atom stereocenters. The standard InChI is InChI=1S/C17H20N2O4S2/c20-17(18-23-13-14-6-2-1-3-7-14)15-8-4-10-19(12-15)25(21,22)16-9-5-11-24-16/h1-3,5-7,9,11,15H,4,8,10,12-13H2,(H,18,20)/t15-/m1/s1. The van der Waals surface area contributed by atoms with Crippen molar-refractivity contribution >= 4 is 27.3 Å². The van der Waals surface area contributed by atoms with E-state index < -0.39 is 15.9 Å². The summed E-state index contributed by atoms with van der Waals surface area (Å²) in [5.74, 6) is -0.679. The molecule has 1 fully saturated rings. The molecule has 2 aromatic rings. The average Bonchev–Trinajstić information content (AvgIpc) is 3.18. The zero-order chi connectivity index (χ0) is 17.7. The lowest BCUT2D eigenvalue weighted by atomic mass is 9.99. The maximum Gasteiger partial charge on any atom is 0.252 e. The lowest BCUT2D eigenvalue weighted by Crippen LogP contribution is -2.45. The van der Waals surface area contributed by atoms with E-state index in [1.807, 2.05) is 30.3 Å². The van der Waals surface area contributed by atoms with Gasteiger partial charge in [0.2, 0.25) is 5.91 Å². The second-order valence-electron chi connectivity index (χ2n) is 5.87. The van der Waals surface area contributed by atoms with Gasteiger partial charge < -0.3 is 0 Å². The highest BCUT2D eigenvalue weighted by atomic mass is 32.2. The van der Waals surface area contributed by atoms with Gasteiger partial charge in [-0.3, -0.25) is 9.63 Å². The molecule has 1 amide bonds. The molecule has 3 rings (SSSR count). The van der Waals surface area contributed by atoms with Gasteiger partial charge in [-0.2, -0.15) is 4.31 Å². The Hall–Kier alpha value is -1.74. The molecule has 1 N–H and O–H groups in total. The van der Waals surface area contributed by atoms with Crippen LogP contribution in [0.3, 0.4) is 0 Å². The highest BCUT2D eigenvalue weighted by Gasteiger charge is 2.33. The van der Waals surface area contributed by atoms with Crippen molar-refractivity contribution in [1.29, 1.82) is 0 Å². The summed E-state index contributed by atoms with van der Waals surface area (Å²) in [7, 11) is -3.52. The van der Waals surface area contributed by atoms with Crippen molar-refractivity contribution in [3.8, 4) is 0 Å². The van der Waals surface area contributed by atoms with Crippen LogP contribution in [0.15, 0.2) is 52.1 Å². The molecule has 2 heterocycles. The van der Waals surface area contributed by atoms with Crippen LogP contribution < -0.4 is 5.48 Å². The van der Waals surface area contributed by atoms with E-state index in [9.17, 15) is 13.2 Å². The SMILES string of the molecule is O=C(NOCc1ccccc1)[C@@H]1CCCN(S(=O)(=O)c2cccs2)C1. The van der Waals surface area contributed by atoms with Crippen molar-refractivity contribution in [2.75, 3.05) is 13.1 Å². The molecular weight excluding hydrogens is 360 g/mol. The maximum atomic E-state index is 12.6. The van der Waals surface area contributed by atoms with Gasteiger partial charge in [-0.15, -0.1) is 11.3 Å². The van der Waals surface area contributed by atoms with Crippen LogP contribution in [0, 0.1) is 5.92 Å². The Labute approximate surface area is 151 Å². The van der Waals surface area contributed by atoms with Crippen LogP contribution in [-0.4, -0.2) is 31.7 Å². The first kappa shape index (κ1) is 18.1. The van der Waals surface area contributed by atoms with E-state index in [2.05, 4.69) is 5.48 Å². The van der Waals surface area contributed by atoms with E-state index >= 15 is 0 Å². The predicted molar refractivity (Wildman–Crippen MR) is 95.2 cm³/mol. The van der Waals surface area contributed by atoms with Gasteiger partial charge in [-0.1, -0.05) is 36.4 Å². The summed E-state index contributed by atoms with van der Waals surface area (Å²) in [4.78, 5) is 17.6. The van der Waals surface area contributed by atoms with Crippen molar-refractivity contribution in [2.45, 2.75) is 23.7 Å². The van der Waals surface area contributed by atoms with Crippen LogP contribution in [0.2, 0.25) is 0 Å². The maximum absolute atomic E-state index is 12.6. The summed E-state index contributed by atoms with van der Waals surface area (Å²) in [5.41, 5.74) is 3.40. The van der Waals surface area contributed by atoms with Crippen LogP contribution in [0.1, 0.15) is 18.4 Å². The Morgan fingerprint density at radius 2 is 2.04 bits per heavy atom. The third-order valence-electron chi connectivity index (χ3n) is 4.10. The largest absolute Gasteiger partial charge is 0.272 e. The molecule has 0 spiro atoms. The molecule has 0 bridgehead atoms. The molecule has 1 aliphatic rings. The van der Waals surface area contributed by atoms with Crippen LogP contribution in [-0.2, 0) is 26.3 Å². The number of nitrogens with one attached hydrogen (secondary N) is 1. The number of sulfonamides is 1. The van der Waals surface area contributed by atoms with E-state index in [-0.39, 0.29) is 19.1 Å². The number of hydroxylamine groups is 1. The van der Waals surface area contributed by atoms with Gasteiger partial charge in [-0.25, -0.2) is 13.9 Å². The van der Waals surface area contributed by atoms with Gasteiger partial charge in [0.05, 0.1) is 12.5 Å². The lowest BCUT2D eigenvalue weighted by Gasteiger charge is -2.30. The fourth-order valence-electron chi connectivity index (χ4n) is 2.76. The monoisotopic (exact) mass is 380 g/mol. The molecule has 0 aliphatic carbocycles. The Kier molecular flexibility index (Phi) is 5.85. The minimum Gasteiger partial charge on any atom is -0.272 e. The molecule has 0 saturated carbocycles. The molecule has 6 nitrogen and oxygen atoms in total. The lowest BCUT2D eigenvalue weighted by molar-refractivity contribution is -0.139. The van der Waals surface area contributed by atoms with Crippen LogP contribution >= 0.6 is 11.3 Å². The first-order chi connectivity index (χ1) is 12.1. The molecular formula is C17H20N2O4S2. The highest BCUT2D eigenvalue weighted by molar-refractivity contribution is 7.91. The molecule has 1 aromatic carbocycles. The van der Waals surface area contributed by atoms with Crippen molar-refractivity contribution in [3.63, 3.8) is 0 Å². The number of thiophene rings is 1. The molecule has 0 radical (unpaired) electrons. The Morgan fingerprint density at radius 1 is 1.24 bits per heavy atom. The summed E-state index contributed by atoms with van der Waals surface area (Å²) in [5, 5.41) is 1.73. The number of benzene rings is 1. The Bertz CT molecular complexity index is 791. The number of piperidine rings is 1. The molecule has 8 heteroatoms. The fourth-order valence-corrected chi connectivity index (χ4v) is 5.43. The molecule has 134 valence electrons. The van der Waals surface area contributed by atoms with Gasteiger partial charge in [0, 0.05) is 13.1 Å². The fraction of sp³-hybridized carbons (Fsp3) is 0.353. The van der Waals surface area contributed by atoms with Crippen molar-refractivity contribution in [2.24, 2.45) is 5.92 Å². The van der Waals surface area contributed by atoms with E-state index in [0.29, 0.717) is 23.6 Å². The number of nitrogens with zero attached hydrogens (tertiary/aromatic N) is 1. The van der Waals surface area contributed by atoms with Gasteiger partial charge in [0.1, 0.15) is 4.21 Å². The topological polar surface area (TPSA) is 75.7 Å². The van der Waals surface area contributed by atoms with Crippen molar-refractivity contribution < 1.29 is 18.0 Å². The van der Waals surface area contributed by atoms with E-state index in [4.69, 9.17) is 4.84 Å². The number of hydrogen-bond acceptors (Lipinski definition) is 5. The normalized spacial score (nSPS) is 18.8. The highest BCUT2D eigenvalue weighted by Crippen LogP contribution is 2.26. The quantitative estimate of drug-likeness (QED) is 0.781. The van der Waals surface area contributed by atoms with Gasteiger partial charge in [0.15, 0.2) is 0 Å². The van der Waals surface area contributed by atoms with Crippen molar-refractivity contribution in [3.05, 3.63) is 53.4 Å². The smallest absolute Gasteiger partial charge is 0.252 e. The first-order valence-electron chi connectivity index (χ1n) is 8.06. The van der Waals surface area contributed by atoms with E-state index in [0.717, 1.165) is 5.56 Å². The van der Waals surface area contributed by atoms with Gasteiger partial charge in [-0.05, 0) is 29.9 Å². The first-order valence-corrected chi connectivity index (χ1v) is 10.4. The summed E-state index contributed by atoms with van der Waals surface area (Å²) >= 11 is 1.19. The van der Waals surface area contributed by atoms with E-state index in [1.54, 1.807) is 17.5 Å². The Morgan fingerprint density at radius 3 is 2.76 bits per heavy atom. The number of carbonyl (C=O) groups excluding carboxylic acids is 1. The zero-order valence-corrected chi connectivity index (χ0v) is 15.3. The summed E-state index contributed by atoms with van der Waals surface area (Å²) in [6.07, 6.45) is 1.30. The number of hydrogen-bond donors (Lipinski definition) is 1. The second kappa shape index (κ2) is 8.09. The third kappa shape index (κ3) is 4.46. The number of carbonyl (C=O) groups is 1. The minimum atomic E-state index is -3.52. The van der Waals surface area contributed by atoms with Crippen LogP contribution in [0.4, 0.5) is 0 Å². The number of rotatable bonds is 6. The summed E-state index contributed by atoms with van der Waals surface area (Å²) < 4.78 is 26.9. The van der Waals surface area contributed by atoms with Gasteiger partial charge in [0.25, 0.3) is 10.0 Å². The zero-order valence-electron chi connectivity index (χ0n) is 13.6. The average molecular weight is 380 g/mol. The minimum absolute atomic E-state index is 0.181. The van der Waals surface area contributed by atoms with Gasteiger partial charge >= 0.3 is 0 Å². The summed E-state index contributed by atoms with van der Waals surface area (Å²) in [6.45, 7) is 0.895. The molecule has 25 heavy (non-hydrogen) atoms.